The lowest BCUT2D eigenvalue weighted by atomic mass is 9.79. The number of hydrogen-bond acceptors (Lipinski definition) is 4. The van der Waals surface area contributed by atoms with Gasteiger partial charge in [-0.25, -0.2) is 8.42 Å². The lowest BCUT2D eigenvalue weighted by molar-refractivity contribution is -0.134. The average Bonchev–Trinajstić information content (AvgIpc) is 2.47. The Labute approximate surface area is 127 Å². The highest BCUT2D eigenvalue weighted by Gasteiger charge is 2.35. The molecule has 0 aromatic carbocycles. The topological polar surface area (TPSA) is 69.7 Å². The largest absolute Gasteiger partial charge is 0.340 e. The molecule has 6 nitrogen and oxygen atoms in total. The molecule has 0 aromatic heterocycles. The Morgan fingerprint density at radius 1 is 1.10 bits per heavy atom. The summed E-state index contributed by atoms with van der Waals surface area (Å²) in [5.41, 5.74) is -0.0523. The molecule has 1 N–H and O–H groups in total. The van der Waals surface area contributed by atoms with Gasteiger partial charge < -0.3 is 10.2 Å². The summed E-state index contributed by atoms with van der Waals surface area (Å²) in [5.74, 6) is 0.152. The fourth-order valence-electron chi connectivity index (χ4n) is 3.41. The Bertz CT molecular complexity index is 464. The van der Waals surface area contributed by atoms with Crippen LogP contribution in [0.5, 0.6) is 0 Å². The van der Waals surface area contributed by atoms with Crippen molar-refractivity contribution in [3.8, 4) is 0 Å². The van der Waals surface area contributed by atoms with E-state index in [1.165, 1.54) is 29.8 Å². The van der Waals surface area contributed by atoms with Crippen LogP contribution in [0.3, 0.4) is 0 Å². The minimum atomic E-state index is -3.14. The number of carbonyl (C=O) groups is 1. The van der Waals surface area contributed by atoms with E-state index in [1.807, 2.05) is 11.9 Å². The van der Waals surface area contributed by atoms with E-state index in [0.717, 1.165) is 12.8 Å². The van der Waals surface area contributed by atoms with Crippen LogP contribution in [-0.4, -0.2) is 68.6 Å². The van der Waals surface area contributed by atoms with Crippen LogP contribution in [0.15, 0.2) is 0 Å². The molecule has 0 aromatic rings. The molecule has 1 aliphatic carbocycles. The molecule has 2 rings (SSSR count). The smallest absolute Gasteiger partial charge is 0.224 e. The SMILES string of the molecule is CNC1(CC(=O)N2CCN(S(C)(=O)=O)CC2)CCCCC1. The van der Waals surface area contributed by atoms with Crippen molar-refractivity contribution in [2.24, 2.45) is 0 Å². The van der Waals surface area contributed by atoms with E-state index in [2.05, 4.69) is 5.32 Å². The number of nitrogens with zero attached hydrogens (tertiary/aromatic N) is 2. The first-order chi connectivity index (χ1) is 9.86. The molecule has 2 fully saturated rings. The van der Waals surface area contributed by atoms with Crippen molar-refractivity contribution in [3.05, 3.63) is 0 Å². The molecular weight excluding hydrogens is 290 g/mol. The third-order valence-corrected chi connectivity index (χ3v) is 6.19. The predicted octanol–water partition coefficient (Wildman–Crippen LogP) is 0.403. The molecule has 0 unspecified atom stereocenters. The summed E-state index contributed by atoms with van der Waals surface area (Å²) in [5, 5.41) is 3.37. The fraction of sp³-hybridized carbons (Fsp3) is 0.929. The maximum absolute atomic E-state index is 12.5. The summed E-state index contributed by atoms with van der Waals surface area (Å²) in [6.07, 6.45) is 7.47. The minimum Gasteiger partial charge on any atom is -0.340 e. The van der Waals surface area contributed by atoms with Crippen LogP contribution in [-0.2, 0) is 14.8 Å². The molecule has 21 heavy (non-hydrogen) atoms. The summed E-state index contributed by atoms with van der Waals surface area (Å²) in [6, 6.07) is 0. The van der Waals surface area contributed by atoms with Crippen molar-refractivity contribution in [1.82, 2.24) is 14.5 Å². The van der Waals surface area contributed by atoms with Gasteiger partial charge in [-0.2, -0.15) is 4.31 Å². The monoisotopic (exact) mass is 317 g/mol. The molecule has 1 saturated heterocycles. The molecule has 7 heteroatoms. The van der Waals surface area contributed by atoms with Gasteiger partial charge in [-0.15, -0.1) is 0 Å². The molecule has 1 heterocycles. The van der Waals surface area contributed by atoms with Gasteiger partial charge in [0.25, 0.3) is 0 Å². The Kier molecular flexibility index (Phi) is 5.27. The number of hydrogen-bond donors (Lipinski definition) is 1. The number of nitrogens with one attached hydrogen (secondary N) is 1. The molecular formula is C14H27N3O3S. The zero-order valence-electron chi connectivity index (χ0n) is 13.1. The molecule has 1 saturated carbocycles. The van der Waals surface area contributed by atoms with Crippen molar-refractivity contribution in [2.75, 3.05) is 39.5 Å². The zero-order chi connectivity index (χ0) is 15.5. The van der Waals surface area contributed by atoms with Crippen LogP contribution in [0.2, 0.25) is 0 Å². The summed E-state index contributed by atoms with van der Waals surface area (Å²) in [6.45, 7) is 1.84. The number of piperazine rings is 1. The van der Waals surface area contributed by atoms with Gasteiger partial charge in [-0.05, 0) is 19.9 Å². The van der Waals surface area contributed by atoms with Gasteiger partial charge in [0.1, 0.15) is 0 Å². The third-order valence-electron chi connectivity index (χ3n) is 4.89. The first kappa shape index (κ1) is 16.7. The van der Waals surface area contributed by atoms with E-state index in [4.69, 9.17) is 0 Å². The van der Waals surface area contributed by atoms with Crippen molar-refractivity contribution in [3.63, 3.8) is 0 Å². The Morgan fingerprint density at radius 2 is 1.67 bits per heavy atom. The van der Waals surface area contributed by atoms with E-state index < -0.39 is 10.0 Å². The second-order valence-electron chi connectivity index (χ2n) is 6.31. The van der Waals surface area contributed by atoms with Gasteiger partial charge in [-0.3, -0.25) is 4.79 Å². The molecule has 0 atom stereocenters. The van der Waals surface area contributed by atoms with Crippen molar-refractivity contribution in [1.29, 1.82) is 0 Å². The van der Waals surface area contributed by atoms with Gasteiger partial charge >= 0.3 is 0 Å². The predicted molar refractivity (Wildman–Crippen MR) is 82.5 cm³/mol. The van der Waals surface area contributed by atoms with E-state index in [1.54, 1.807) is 0 Å². The molecule has 0 bridgehead atoms. The average molecular weight is 317 g/mol. The second-order valence-corrected chi connectivity index (χ2v) is 8.29. The van der Waals surface area contributed by atoms with E-state index >= 15 is 0 Å². The lowest BCUT2D eigenvalue weighted by Gasteiger charge is -2.40. The highest BCUT2D eigenvalue weighted by Crippen LogP contribution is 2.31. The van der Waals surface area contributed by atoms with Crippen LogP contribution in [0.25, 0.3) is 0 Å². The molecule has 0 spiro atoms. The van der Waals surface area contributed by atoms with Gasteiger partial charge in [-0.1, -0.05) is 19.3 Å². The highest BCUT2D eigenvalue weighted by molar-refractivity contribution is 7.88. The van der Waals surface area contributed by atoms with Gasteiger partial charge in [0.05, 0.1) is 6.26 Å². The normalized spacial score (nSPS) is 24.0. The fourth-order valence-corrected chi connectivity index (χ4v) is 4.24. The number of carbonyl (C=O) groups excluding carboxylic acids is 1. The molecule has 0 radical (unpaired) electrons. The van der Waals surface area contributed by atoms with Gasteiger partial charge in [0.15, 0.2) is 0 Å². The highest BCUT2D eigenvalue weighted by atomic mass is 32.2. The Morgan fingerprint density at radius 3 is 2.14 bits per heavy atom. The van der Waals surface area contributed by atoms with Crippen LogP contribution in [0.1, 0.15) is 38.5 Å². The zero-order valence-corrected chi connectivity index (χ0v) is 13.9. The van der Waals surface area contributed by atoms with Crippen molar-refractivity contribution in [2.45, 2.75) is 44.1 Å². The summed E-state index contributed by atoms with van der Waals surface area (Å²) >= 11 is 0. The van der Waals surface area contributed by atoms with Gasteiger partial charge in [0, 0.05) is 38.1 Å². The van der Waals surface area contributed by atoms with Gasteiger partial charge in [0.2, 0.25) is 15.9 Å². The number of rotatable bonds is 4. The van der Waals surface area contributed by atoms with Crippen LogP contribution >= 0.6 is 0 Å². The molecule has 1 aliphatic heterocycles. The van der Waals surface area contributed by atoms with Crippen LogP contribution < -0.4 is 5.32 Å². The van der Waals surface area contributed by atoms with E-state index in [9.17, 15) is 13.2 Å². The van der Waals surface area contributed by atoms with E-state index in [0.29, 0.717) is 32.6 Å². The Balaban J connectivity index is 1.90. The van der Waals surface area contributed by atoms with Crippen molar-refractivity contribution < 1.29 is 13.2 Å². The first-order valence-electron chi connectivity index (χ1n) is 7.78. The van der Waals surface area contributed by atoms with Crippen LogP contribution in [0, 0.1) is 0 Å². The molecule has 2 aliphatic rings. The summed E-state index contributed by atoms with van der Waals surface area (Å²) in [7, 11) is -1.19. The lowest BCUT2D eigenvalue weighted by Crippen LogP contribution is -2.54. The molecule has 122 valence electrons. The maximum Gasteiger partial charge on any atom is 0.224 e. The molecule has 1 amide bonds. The first-order valence-corrected chi connectivity index (χ1v) is 9.63. The van der Waals surface area contributed by atoms with Crippen LogP contribution in [0.4, 0.5) is 0 Å². The standard InChI is InChI=1S/C14H27N3O3S/c1-15-14(6-4-3-5-7-14)12-13(18)16-8-10-17(11-9-16)21(2,19)20/h15H,3-12H2,1-2H3. The minimum absolute atomic E-state index is 0.0523. The summed E-state index contributed by atoms with van der Waals surface area (Å²) < 4.78 is 24.4. The quantitative estimate of drug-likeness (QED) is 0.815. The number of sulfonamides is 1. The summed E-state index contributed by atoms with van der Waals surface area (Å²) in [4.78, 5) is 14.3. The third kappa shape index (κ3) is 4.17. The number of amides is 1. The van der Waals surface area contributed by atoms with Crippen molar-refractivity contribution >= 4 is 15.9 Å². The van der Waals surface area contributed by atoms with E-state index in [-0.39, 0.29) is 11.4 Å². The Hall–Kier alpha value is -0.660. The second kappa shape index (κ2) is 6.62. The maximum atomic E-state index is 12.5.